The summed E-state index contributed by atoms with van der Waals surface area (Å²) in [6.07, 6.45) is 3.82. The lowest BCUT2D eigenvalue weighted by Gasteiger charge is -2.26. The quantitative estimate of drug-likeness (QED) is 0.691. The summed E-state index contributed by atoms with van der Waals surface area (Å²) in [5, 5.41) is 1.82. The van der Waals surface area contributed by atoms with E-state index in [4.69, 9.17) is 0 Å². The van der Waals surface area contributed by atoms with E-state index >= 15 is 0 Å². The van der Waals surface area contributed by atoms with E-state index in [1.807, 2.05) is 5.19 Å². The monoisotopic (exact) mass is 288 g/mol. The lowest BCUT2D eigenvalue weighted by molar-refractivity contribution is 0.412. The minimum absolute atomic E-state index is 0.389. The first-order valence-corrected chi connectivity index (χ1v) is 11.4. The van der Waals surface area contributed by atoms with Crippen molar-refractivity contribution in [1.82, 2.24) is 0 Å². The van der Waals surface area contributed by atoms with Crippen LogP contribution in [-0.2, 0) is 19.3 Å². The number of rotatable bonds is 3. The normalized spacial score (nSPS) is 17.6. The highest BCUT2D eigenvalue weighted by atomic mass is 28.3. The summed E-state index contributed by atoms with van der Waals surface area (Å²) in [5.74, 6) is 0.762. The zero-order chi connectivity index (χ0) is 15.1. The molecule has 0 radical (unpaired) electrons. The Labute approximate surface area is 127 Å². The van der Waals surface area contributed by atoms with Crippen LogP contribution in [0.4, 0.5) is 0 Å². The molecule has 0 amide bonds. The lowest BCUT2D eigenvalue weighted by atomic mass is 9.86. The van der Waals surface area contributed by atoms with Gasteiger partial charge in [-0.1, -0.05) is 65.0 Å². The van der Waals surface area contributed by atoms with E-state index < -0.39 is 8.07 Å². The summed E-state index contributed by atoms with van der Waals surface area (Å²) in [4.78, 5) is 0. The minimum atomic E-state index is -1.19. The van der Waals surface area contributed by atoms with Gasteiger partial charge in [0.15, 0.2) is 0 Å². The van der Waals surface area contributed by atoms with Crippen LogP contribution < -0.4 is 5.19 Å². The number of hydrogen-bond acceptors (Lipinski definition) is 0. The molecule has 1 aromatic carbocycles. The van der Waals surface area contributed by atoms with Gasteiger partial charge in [-0.25, -0.2) is 0 Å². The molecule has 1 heterocycles. The molecule has 1 heteroatoms. The van der Waals surface area contributed by atoms with Crippen molar-refractivity contribution in [2.45, 2.75) is 73.0 Å². The summed E-state index contributed by atoms with van der Waals surface area (Å²) >= 11 is 0. The molecule has 0 unspecified atom stereocenters. The summed E-state index contributed by atoms with van der Waals surface area (Å²) < 4.78 is 0. The van der Waals surface area contributed by atoms with Gasteiger partial charge in [0.25, 0.3) is 0 Å². The van der Waals surface area contributed by atoms with Gasteiger partial charge in [0.05, 0.1) is 8.07 Å². The molecule has 20 heavy (non-hydrogen) atoms. The zero-order valence-electron chi connectivity index (χ0n) is 14.6. The molecule has 0 saturated carbocycles. The van der Waals surface area contributed by atoms with Gasteiger partial charge in [-0.15, -0.1) is 0 Å². The predicted octanol–water partition coefficient (Wildman–Crippen LogP) is 4.95. The second-order valence-corrected chi connectivity index (χ2v) is 13.7. The number of benzene rings is 1. The smallest absolute Gasteiger partial charge is 0.0654 e. The maximum atomic E-state index is 2.57. The molecule has 0 fully saturated rings. The van der Waals surface area contributed by atoms with Crippen LogP contribution in [0.5, 0.6) is 0 Å². The van der Waals surface area contributed by atoms with Gasteiger partial charge in [-0.2, -0.15) is 0 Å². The fourth-order valence-corrected chi connectivity index (χ4v) is 7.05. The molecular formula is C19H32Si. The van der Waals surface area contributed by atoms with Crippen molar-refractivity contribution in [2.24, 2.45) is 11.3 Å². The van der Waals surface area contributed by atoms with Crippen LogP contribution >= 0.6 is 0 Å². The third-order valence-electron chi connectivity index (χ3n) is 4.52. The first-order valence-electron chi connectivity index (χ1n) is 8.24. The van der Waals surface area contributed by atoms with E-state index in [-0.39, 0.29) is 0 Å². The Hall–Kier alpha value is -0.563. The summed E-state index contributed by atoms with van der Waals surface area (Å²) in [6, 6.07) is 6.35. The largest absolute Gasteiger partial charge is 0.0816 e. The zero-order valence-corrected chi connectivity index (χ0v) is 15.6. The summed E-state index contributed by atoms with van der Waals surface area (Å²) in [7, 11) is -1.19. The number of fused-ring (bicyclic) bond motifs is 1. The van der Waals surface area contributed by atoms with Gasteiger partial charge in [0, 0.05) is 0 Å². The van der Waals surface area contributed by atoms with Crippen LogP contribution in [0.15, 0.2) is 12.1 Å². The molecule has 1 aliphatic rings. The molecule has 0 aromatic heterocycles. The second-order valence-electron chi connectivity index (χ2n) is 8.96. The molecule has 1 aliphatic heterocycles. The minimum Gasteiger partial charge on any atom is -0.0654 e. The Balaban J connectivity index is 2.49. The Bertz CT molecular complexity index is 489. The lowest BCUT2D eigenvalue weighted by Crippen LogP contribution is -2.41. The van der Waals surface area contributed by atoms with Crippen molar-refractivity contribution in [3.05, 3.63) is 28.8 Å². The van der Waals surface area contributed by atoms with Crippen LogP contribution in [0.2, 0.25) is 19.1 Å². The van der Waals surface area contributed by atoms with Gasteiger partial charge < -0.3 is 0 Å². The first-order chi connectivity index (χ1) is 9.10. The van der Waals surface area contributed by atoms with Crippen LogP contribution in [0.25, 0.3) is 0 Å². The van der Waals surface area contributed by atoms with Gasteiger partial charge in [-0.3, -0.25) is 0 Å². The van der Waals surface area contributed by atoms with E-state index in [2.05, 4.69) is 59.8 Å². The Morgan fingerprint density at radius 2 is 1.70 bits per heavy atom. The van der Waals surface area contributed by atoms with Gasteiger partial charge in [0.1, 0.15) is 0 Å². The van der Waals surface area contributed by atoms with E-state index in [0.717, 1.165) is 5.92 Å². The Morgan fingerprint density at radius 3 is 2.25 bits per heavy atom. The Kier molecular flexibility index (Phi) is 4.21. The van der Waals surface area contributed by atoms with Gasteiger partial charge in [-0.05, 0) is 53.3 Å². The summed E-state index contributed by atoms with van der Waals surface area (Å²) in [6.45, 7) is 16.9. The van der Waals surface area contributed by atoms with Crippen LogP contribution in [0.1, 0.15) is 51.3 Å². The average Bonchev–Trinajstić information content (AvgIpc) is 2.56. The topological polar surface area (TPSA) is 0 Å². The van der Waals surface area contributed by atoms with E-state index in [9.17, 15) is 0 Å². The molecule has 112 valence electrons. The highest BCUT2D eigenvalue weighted by Crippen LogP contribution is 2.31. The third kappa shape index (κ3) is 3.36. The molecule has 1 aromatic rings. The fraction of sp³-hybridized carbons (Fsp3) is 0.684. The average molecular weight is 289 g/mol. The van der Waals surface area contributed by atoms with Gasteiger partial charge in [0.2, 0.25) is 0 Å². The molecule has 2 rings (SSSR count). The second kappa shape index (κ2) is 5.33. The SMILES string of the molecule is CC(C)Cc1ccc(CC(C)(C)C)c2c1CC[Si]2(C)C. The standard InChI is InChI=1S/C19H32Si/c1-14(2)12-15-8-9-16(13-19(3,4)5)18-17(15)10-11-20(18,6)7/h8-9,14H,10-13H2,1-7H3. The molecular weight excluding hydrogens is 256 g/mol. The molecule has 0 aliphatic carbocycles. The van der Waals surface area contributed by atoms with Crippen molar-refractivity contribution in [1.29, 1.82) is 0 Å². The first kappa shape index (κ1) is 15.8. The van der Waals surface area contributed by atoms with Gasteiger partial charge >= 0.3 is 0 Å². The van der Waals surface area contributed by atoms with E-state index in [0.29, 0.717) is 5.41 Å². The van der Waals surface area contributed by atoms with Crippen molar-refractivity contribution in [2.75, 3.05) is 0 Å². The van der Waals surface area contributed by atoms with Crippen molar-refractivity contribution >= 4 is 13.3 Å². The third-order valence-corrected chi connectivity index (χ3v) is 8.00. The van der Waals surface area contributed by atoms with Crippen molar-refractivity contribution < 1.29 is 0 Å². The van der Waals surface area contributed by atoms with Crippen LogP contribution in [-0.4, -0.2) is 8.07 Å². The molecule has 0 spiro atoms. The number of hydrogen-bond donors (Lipinski definition) is 0. The highest BCUT2D eigenvalue weighted by Gasteiger charge is 2.36. The fourth-order valence-electron chi connectivity index (χ4n) is 3.78. The van der Waals surface area contributed by atoms with Crippen LogP contribution in [0.3, 0.4) is 0 Å². The van der Waals surface area contributed by atoms with Crippen molar-refractivity contribution in [3.63, 3.8) is 0 Å². The summed E-state index contributed by atoms with van der Waals surface area (Å²) in [5.41, 5.74) is 5.44. The van der Waals surface area contributed by atoms with Crippen LogP contribution in [0, 0.1) is 11.3 Å². The molecule has 0 N–H and O–H groups in total. The molecule has 0 atom stereocenters. The Morgan fingerprint density at radius 1 is 1.10 bits per heavy atom. The van der Waals surface area contributed by atoms with E-state index in [1.165, 1.54) is 25.3 Å². The molecule has 0 saturated heterocycles. The predicted molar refractivity (Wildman–Crippen MR) is 93.8 cm³/mol. The highest BCUT2D eigenvalue weighted by molar-refractivity contribution is 6.91. The van der Waals surface area contributed by atoms with Crippen molar-refractivity contribution in [3.8, 4) is 0 Å². The molecule has 0 nitrogen and oxygen atoms in total. The maximum Gasteiger partial charge on any atom is 0.0816 e. The maximum absolute atomic E-state index is 2.57. The molecule has 0 bridgehead atoms. The van der Waals surface area contributed by atoms with E-state index in [1.54, 1.807) is 16.7 Å².